The smallest absolute Gasteiger partial charge is 0.330 e. The second kappa shape index (κ2) is 6.05. The predicted molar refractivity (Wildman–Crippen MR) is 75.8 cm³/mol. The molecule has 1 aromatic carbocycles. The van der Waals surface area contributed by atoms with E-state index in [-0.39, 0.29) is 5.97 Å². The van der Waals surface area contributed by atoms with Crippen molar-refractivity contribution in [3.8, 4) is 0 Å². The van der Waals surface area contributed by atoms with Gasteiger partial charge in [0, 0.05) is 24.0 Å². The van der Waals surface area contributed by atoms with Crippen LogP contribution in [0.4, 0.5) is 0 Å². The van der Waals surface area contributed by atoms with E-state index < -0.39 is 0 Å². The van der Waals surface area contributed by atoms with Gasteiger partial charge in [-0.3, -0.25) is 0 Å². The van der Waals surface area contributed by atoms with Crippen molar-refractivity contribution in [2.24, 2.45) is 0 Å². The predicted octanol–water partition coefficient (Wildman–Crippen LogP) is 3.03. The molecule has 0 atom stereocenters. The monoisotopic (exact) mass is 255 g/mol. The van der Waals surface area contributed by atoms with Gasteiger partial charge in [-0.2, -0.15) is 0 Å². The fourth-order valence-corrected chi connectivity index (χ4v) is 1.94. The molecule has 1 aromatic heterocycles. The summed E-state index contributed by atoms with van der Waals surface area (Å²) in [6, 6.07) is 14.3. The molecule has 1 heterocycles. The fourth-order valence-electron chi connectivity index (χ4n) is 1.94. The molecular formula is C16H17NO2. The fraction of sp³-hybridized carbons (Fsp3) is 0.188. The third-order valence-electron chi connectivity index (χ3n) is 3.01. The van der Waals surface area contributed by atoms with Gasteiger partial charge < -0.3 is 9.30 Å². The zero-order chi connectivity index (χ0) is 13.7. The maximum Gasteiger partial charge on any atom is 0.330 e. The molecule has 0 saturated carbocycles. The molecule has 0 radical (unpaired) electrons. The molecule has 0 saturated heterocycles. The van der Waals surface area contributed by atoms with E-state index in [0.717, 1.165) is 17.9 Å². The first-order chi connectivity index (χ1) is 9.20. The molecule has 2 rings (SSSR count). The molecular weight excluding hydrogens is 238 g/mol. The van der Waals surface area contributed by atoms with E-state index in [1.165, 1.54) is 18.7 Å². The number of aryl methyl sites for hydroxylation is 1. The highest BCUT2D eigenvalue weighted by Gasteiger charge is 2.04. The lowest BCUT2D eigenvalue weighted by Gasteiger charge is -2.09. The van der Waals surface area contributed by atoms with Crippen molar-refractivity contribution in [2.75, 3.05) is 7.11 Å². The minimum atomic E-state index is -0.342. The van der Waals surface area contributed by atoms with Crippen LogP contribution in [0.25, 0.3) is 6.08 Å². The van der Waals surface area contributed by atoms with Crippen LogP contribution < -0.4 is 0 Å². The van der Waals surface area contributed by atoms with Gasteiger partial charge in [0.2, 0.25) is 0 Å². The normalized spacial score (nSPS) is 10.8. The number of methoxy groups -OCH3 is 1. The van der Waals surface area contributed by atoms with Gasteiger partial charge in [0.25, 0.3) is 0 Å². The standard InChI is InChI=1S/C16H17NO2/c1-13-8-9-15(10-11-16(18)19-2)17(13)12-14-6-4-3-5-7-14/h3-11H,12H2,1-2H3. The highest BCUT2D eigenvalue weighted by molar-refractivity contribution is 5.86. The van der Waals surface area contributed by atoms with Crippen LogP contribution in [-0.4, -0.2) is 17.6 Å². The summed E-state index contributed by atoms with van der Waals surface area (Å²) in [4.78, 5) is 11.1. The molecule has 0 N–H and O–H groups in total. The Morgan fingerprint density at radius 1 is 1.21 bits per heavy atom. The number of benzene rings is 1. The zero-order valence-electron chi connectivity index (χ0n) is 11.2. The highest BCUT2D eigenvalue weighted by atomic mass is 16.5. The van der Waals surface area contributed by atoms with Crippen LogP contribution in [0.5, 0.6) is 0 Å². The molecule has 19 heavy (non-hydrogen) atoms. The van der Waals surface area contributed by atoms with E-state index in [2.05, 4.69) is 28.4 Å². The van der Waals surface area contributed by atoms with Crippen molar-refractivity contribution in [3.63, 3.8) is 0 Å². The summed E-state index contributed by atoms with van der Waals surface area (Å²) in [5.74, 6) is -0.342. The second-order valence-corrected chi connectivity index (χ2v) is 4.33. The van der Waals surface area contributed by atoms with E-state index in [4.69, 9.17) is 0 Å². The number of hydrogen-bond acceptors (Lipinski definition) is 2. The van der Waals surface area contributed by atoms with Crippen LogP contribution in [0.2, 0.25) is 0 Å². The van der Waals surface area contributed by atoms with Crippen LogP contribution in [0.15, 0.2) is 48.5 Å². The first kappa shape index (κ1) is 13.1. The summed E-state index contributed by atoms with van der Waals surface area (Å²) in [6.07, 6.45) is 3.22. The van der Waals surface area contributed by atoms with Crippen LogP contribution in [0, 0.1) is 6.92 Å². The number of rotatable bonds is 4. The third-order valence-corrected chi connectivity index (χ3v) is 3.01. The van der Waals surface area contributed by atoms with E-state index >= 15 is 0 Å². The lowest BCUT2D eigenvalue weighted by molar-refractivity contribution is -0.134. The second-order valence-electron chi connectivity index (χ2n) is 4.33. The number of nitrogens with zero attached hydrogens (tertiary/aromatic N) is 1. The Morgan fingerprint density at radius 3 is 2.63 bits per heavy atom. The van der Waals surface area contributed by atoms with E-state index in [9.17, 15) is 4.79 Å². The van der Waals surface area contributed by atoms with Crippen molar-refractivity contribution in [2.45, 2.75) is 13.5 Å². The largest absolute Gasteiger partial charge is 0.466 e. The Balaban J connectivity index is 2.23. The topological polar surface area (TPSA) is 31.2 Å². The van der Waals surface area contributed by atoms with Crippen LogP contribution in [0.1, 0.15) is 17.0 Å². The summed E-state index contributed by atoms with van der Waals surface area (Å²) < 4.78 is 6.76. The van der Waals surface area contributed by atoms with Gasteiger partial charge in [-0.15, -0.1) is 0 Å². The molecule has 0 aliphatic rings. The average Bonchev–Trinajstić information content (AvgIpc) is 2.78. The van der Waals surface area contributed by atoms with Gasteiger partial charge in [-0.25, -0.2) is 4.79 Å². The Kier molecular flexibility index (Phi) is 4.18. The van der Waals surface area contributed by atoms with Gasteiger partial charge >= 0.3 is 5.97 Å². The molecule has 98 valence electrons. The number of carbonyl (C=O) groups excluding carboxylic acids is 1. The first-order valence-electron chi connectivity index (χ1n) is 6.17. The maximum absolute atomic E-state index is 11.1. The lowest BCUT2D eigenvalue weighted by Crippen LogP contribution is -2.04. The molecule has 0 amide bonds. The third kappa shape index (κ3) is 3.35. The van der Waals surface area contributed by atoms with Crippen molar-refractivity contribution in [3.05, 3.63) is 65.5 Å². The van der Waals surface area contributed by atoms with Crippen LogP contribution in [0.3, 0.4) is 0 Å². The molecule has 0 unspecified atom stereocenters. The number of aromatic nitrogens is 1. The van der Waals surface area contributed by atoms with E-state index in [1.807, 2.05) is 30.3 Å². The van der Waals surface area contributed by atoms with Gasteiger partial charge in [-0.05, 0) is 30.7 Å². The average molecular weight is 255 g/mol. The molecule has 0 spiro atoms. The SMILES string of the molecule is COC(=O)C=Cc1ccc(C)n1Cc1ccccc1. The highest BCUT2D eigenvalue weighted by Crippen LogP contribution is 2.13. The summed E-state index contributed by atoms with van der Waals surface area (Å²) in [6.45, 7) is 2.85. The number of ether oxygens (including phenoxy) is 1. The van der Waals surface area contributed by atoms with Crippen LogP contribution >= 0.6 is 0 Å². The quantitative estimate of drug-likeness (QED) is 0.621. The zero-order valence-corrected chi connectivity index (χ0v) is 11.2. The summed E-state index contributed by atoms with van der Waals surface area (Å²) >= 11 is 0. The summed E-state index contributed by atoms with van der Waals surface area (Å²) in [5.41, 5.74) is 3.38. The molecule has 0 bridgehead atoms. The van der Waals surface area contributed by atoms with Crippen LogP contribution in [-0.2, 0) is 16.1 Å². The summed E-state index contributed by atoms with van der Waals surface area (Å²) in [5, 5.41) is 0. The Hall–Kier alpha value is -2.29. The van der Waals surface area contributed by atoms with Gasteiger partial charge in [0.05, 0.1) is 7.11 Å². The number of hydrogen-bond donors (Lipinski definition) is 0. The molecule has 0 fully saturated rings. The van der Waals surface area contributed by atoms with Gasteiger partial charge in [0.15, 0.2) is 0 Å². The van der Waals surface area contributed by atoms with Crippen molar-refractivity contribution < 1.29 is 9.53 Å². The minimum absolute atomic E-state index is 0.342. The first-order valence-corrected chi connectivity index (χ1v) is 6.17. The number of carbonyl (C=O) groups is 1. The number of esters is 1. The van der Waals surface area contributed by atoms with E-state index in [0.29, 0.717) is 0 Å². The Labute approximate surface area is 113 Å². The van der Waals surface area contributed by atoms with Gasteiger partial charge in [-0.1, -0.05) is 30.3 Å². The van der Waals surface area contributed by atoms with E-state index in [1.54, 1.807) is 6.08 Å². The van der Waals surface area contributed by atoms with Gasteiger partial charge in [0.1, 0.15) is 0 Å². The van der Waals surface area contributed by atoms with Crippen molar-refractivity contribution >= 4 is 12.0 Å². The molecule has 0 aliphatic heterocycles. The molecule has 0 aliphatic carbocycles. The molecule has 2 aromatic rings. The molecule has 3 heteroatoms. The Morgan fingerprint density at radius 2 is 1.95 bits per heavy atom. The van der Waals surface area contributed by atoms with Crippen molar-refractivity contribution in [1.29, 1.82) is 0 Å². The van der Waals surface area contributed by atoms with Crippen molar-refractivity contribution in [1.82, 2.24) is 4.57 Å². The maximum atomic E-state index is 11.1. The Bertz CT molecular complexity index is 582. The summed E-state index contributed by atoms with van der Waals surface area (Å²) in [7, 11) is 1.38. The lowest BCUT2D eigenvalue weighted by atomic mass is 10.2. The molecule has 3 nitrogen and oxygen atoms in total. The minimum Gasteiger partial charge on any atom is -0.466 e.